The SMILES string of the molecule is O=C(Cc1c(F)cccc1F)c1cc2c(s1)-c1sccc1NCC2. The van der Waals surface area contributed by atoms with Crippen molar-refractivity contribution in [3.8, 4) is 9.75 Å². The fraction of sp³-hybridized carbons (Fsp3) is 0.167. The van der Waals surface area contributed by atoms with Gasteiger partial charge in [-0.15, -0.1) is 22.7 Å². The maximum atomic E-state index is 13.8. The Balaban J connectivity index is 1.68. The molecule has 0 saturated heterocycles. The Kier molecular flexibility index (Phi) is 3.94. The first-order valence-corrected chi connectivity index (χ1v) is 9.23. The molecular weight excluding hydrogens is 348 g/mol. The molecule has 3 heterocycles. The first kappa shape index (κ1) is 15.5. The van der Waals surface area contributed by atoms with Crippen LogP contribution in [0.3, 0.4) is 0 Å². The highest BCUT2D eigenvalue weighted by molar-refractivity contribution is 7.23. The minimum atomic E-state index is -0.675. The highest BCUT2D eigenvalue weighted by Crippen LogP contribution is 2.43. The first-order valence-electron chi connectivity index (χ1n) is 7.54. The van der Waals surface area contributed by atoms with Crippen molar-refractivity contribution in [1.82, 2.24) is 0 Å². The highest BCUT2D eigenvalue weighted by atomic mass is 32.1. The zero-order valence-electron chi connectivity index (χ0n) is 12.6. The molecule has 1 aliphatic rings. The van der Waals surface area contributed by atoms with Crippen molar-refractivity contribution in [2.45, 2.75) is 12.8 Å². The topological polar surface area (TPSA) is 29.1 Å². The van der Waals surface area contributed by atoms with E-state index in [1.165, 1.54) is 29.5 Å². The minimum Gasteiger partial charge on any atom is -0.384 e. The molecule has 0 bridgehead atoms. The van der Waals surface area contributed by atoms with Gasteiger partial charge in [0, 0.05) is 18.5 Å². The number of carbonyl (C=O) groups is 1. The van der Waals surface area contributed by atoms with Gasteiger partial charge in [0.25, 0.3) is 0 Å². The fourth-order valence-electron chi connectivity index (χ4n) is 2.85. The van der Waals surface area contributed by atoms with E-state index < -0.39 is 11.6 Å². The van der Waals surface area contributed by atoms with Crippen LogP contribution in [0.5, 0.6) is 0 Å². The number of ketones is 1. The minimum absolute atomic E-state index is 0.162. The predicted octanol–water partition coefficient (Wildman–Crippen LogP) is 5.15. The molecule has 0 atom stereocenters. The molecular formula is C18H13F2NOS2. The number of fused-ring (bicyclic) bond motifs is 3. The summed E-state index contributed by atoms with van der Waals surface area (Å²) in [5, 5.41) is 5.39. The van der Waals surface area contributed by atoms with Gasteiger partial charge < -0.3 is 5.32 Å². The number of Topliss-reactive ketones (excluding diaryl/α,β-unsaturated/α-hetero) is 1. The molecule has 0 fully saturated rings. The van der Waals surface area contributed by atoms with Crippen LogP contribution in [0, 0.1) is 11.6 Å². The highest BCUT2D eigenvalue weighted by Gasteiger charge is 2.22. The Morgan fingerprint density at radius 3 is 2.75 bits per heavy atom. The average Bonchev–Trinajstić information content (AvgIpc) is 3.15. The van der Waals surface area contributed by atoms with Gasteiger partial charge >= 0.3 is 0 Å². The van der Waals surface area contributed by atoms with Crippen LogP contribution in [0.1, 0.15) is 20.8 Å². The van der Waals surface area contributed by atoms with Crippen LogP contribution >= 0.6 is 22.7 Å². The number of rotatable bonds is 3. The zero-order valence-corrected chi connectivity index (χ0v) is 14.2. The van der Waals surface area contributed by atoms with Crippen molar-refractivity contribution in [1.29, 1.82) is 0 Å². The van der Waals surface area contributed by atoms with Crippen LogP contribution in [0.25, 0.3) is 9.75 Å². The Bertz CT molecular complexity index is 909. The van der Waals surface area contributed by atoms with Crippen LogP contribution in [0.2, 0.25) is 0 Å². The van der Waals surface area contributed by atoms with Crippen LogP contribution in [-0.2, 0) is 12.8 Å². The Labute approximate surface area is 145 Å². The monoisotopic (exact) mass is 361 g/mol. The normalized spacial score (nSPS) is 12.9. The largest absolute Gasteiger partial charge is 0.384 e. The molecule has 4 rings (SSSR count). The summed E-state index contributed by atoms with van der Waals surface area (Å²) in [6.45, 7) is 0.809. The second-order valence-corrected chi connectivity index (χ2v) is 7.57. The molecule has 0 amide bonds. The van der Waals surface area contributed by atoms with Gasteiger partial charge in [-0.25, -0.2) is 8.78 Å². The quantitative estimate of drug-likeness (QED) is 0.654. The van der Waals surface area contributed by atoms with Crippen molar-refractivity contribution in [2.75, 3.05) is 11.9 Å². The summed E-state index contributed by atoms with van der Waals surface area (Å²) >= 11 is 3.04. The number of hydrogen-bond acceptors (Lipinski definition) is 4. The van der Waals surface area contributed by atoms with Crippen molar-refractivity contribution >= 4 is 34.1 Å². The first-order chi connectivity index (χ1) is 11.6. The second-order valence-electron chi connectivity index (χ2n) is 5.61. The van der Waals surface area contributed by atoms with E-state index in [1.54, 1.807) is 11.3 Å². The molecule has 0 saturated carbocycles. The number of halogens is 2. The lowest BCUT2D eigenvalue weighted by Gasteiger charge is -2.03. The lowest BCUT2D eigenvalue weighted by atomic mass is 10.1. The molecule has 0 unspecified atom stereocenters. The molecule has 0 aliphatic carbocycles. The zero-order chi connectivity index (χ0) is 16.7. The molecule has 122 valence electrons. The number of hydrogen-bond donors (Lipinski definition) is 1. The van der Waals surface area contributed by atoms with E-state index in [0.29, 0.717) is 4.88 Å². The van der Waals surface area contributed by atoms with Gasteiger partial charge in [-0.05, 0) is 41.6 Å². The summed E-state index contributed by atoms with van der Waals surface area (Å²) in [6.07, 6.45) is 0.571. The summed E-state index contributed by atoms with van der Waals surface area (Å²) in [7, 11) is 0. The van der Waals surface area contributed by atoms with Crippen molar-refractivity contribution in [3.05, 3.63) is 63.4 Å². The third-order valence-corrected chi connectivity index (χ3v) is 6.36. The molecule has 2 aromatic heterocycles. The molecule has 2 nitrogen and oxygen atoms in total. The van der Waals surface area contributed by atoms with E-state index in [9.17, 15) is 13.6 Å². The lowest BCUT2D eigenvalue weighted by Crippen LogP contribution is -2.06. The second kappa shape index (κ2) is 6.11. The Morgan fingerprint density at radius 1 is 1.17 bits per heavy atom. The van der Waals surface area contributed by atoms with Gasteiger partial charge in [0.1, 0.15) is 11.6 Å². The van der Waals surface area contributed by atoms with Gasteiger partial charge in [-0.3, -0.25) is 4.79 Å². The van der Waals surface area contributed by atoms with E-state index in [0.717, 1.165) is 34.0 Å². The molecule has 0 spiro atoms. The summed E-state index contributed by atoms with van der Waals surface area (Å²) in [6, 6.07) is 7.57. The van der Waals surface area contributed by atoms with Gasteiger partial charge in [0.05, 0.1) is 20.3 Å². The van der Waals surface area contributed by atoms with E-state index in [1.807, 2.05) is 17.5 Å². The smallest absolute Gasteiger partial charge is 0.177 e. The number of anilines is 1. The molecule has 3 aromatic rings. The summed E-state index contributed by atoms with van der Waals surface area (Å²) in [5.74, 6) is -1.60. The molecule has 6 heteroatoms. The fourth-order valence-corrected chi connectivity index (χ4v) is 5.07. The van der Waals surface area contributed by atoms with E-state index in [4.69, 9.17) is 0 Å². The van der Waals surface area contributed by atoms with Crippen LogP contribution < -0.4 is 5.32 Å². The van der Waals surface area contributed by atoms with E-state index in [-0.39, 0.29) is 17.8 Å². The van der Waals surface area contributed by atoms with Crippen LogP contribution in [0.4, 0.5) is 14.5 Å². The average molecular weight is 361 g/mol. The Morgan fingerprint density at radius 2 is 1.96 bits per heavy atom. The number of thiophene rings is 2. The summed E-state index contributed by atoms with van der Waals surface area (Å²) in [5.41, 5.74) is 2.04. The number of carbonyl (C=O) groups excluding carboxylic acids is 1. The van der Waals surface area contributed by atoms with Gasteiger partial charge in [-0.2, -0.15) is 0 Å². The Hall–Kier alpha value is -2.05. The third kappa shape index (κ3) is 2.65. The molecule has 24 heavy (non-hydrogen) atoms. The van der Waals surface area contributed by atoms with Crippen molar-refractivity contribution < 1.29 is 13.6 Å². The number of nitrogens with one attached hydrogen (secondary N) is 1. The molecule has 1 aliphatic heterocycles. The number of benzene rings is 1. The lowest BCUT2D eigenvalue weighted by molar-refractivity contribution is 0.0994. The summed E-state index contributed by atoms with van der Waals surface area (Å²) < 4.78 is 27.5. The predicted molar refractivity (Wildman–Crippen MR) is 94.2 cm³/mol. The maximum Gasteiger partial charge on any atom is 0.177 e. The van der Waals surface area contributed by atoms with Crippen LogP contribution in [-0.4, -0.2) is 12.3 Å². The van der Waals surface area contributed by atoms with Crippen molar-refractivity contribution in [2.24, 2.45) is 0 Å². The molecule has 1 N–H and O–H groups in total. The summed E-state index contributed by atoms with van der Waals surface area (Å²) in [4.78, 5) is 15.3. The maximum absolute atomic E-state index is 13.8. The van der Waals surface area contributed by atoms with E-state index in [2.05, 4.69) is 5.32 Å². The molecule has 1 aromatic carbocycles. The molecule has 0 radical (unpaired) electrons. The third-order valence-electron chi connectivity index (χ3n) is 4.06. The van der Waals surface area contributed by atoms with E-state index >= 15 is 0 Å². The van der Waals surface area contributed by atoms with Gasteiger partial charge in [0.2, 0.25) is 0 Å². The standard InChI is InChI=1S/C18H13F2NOS2/c19-12-2-1-3-13(20)11(12)9-15(22)16-8-10-4-6-21-14-5-7-23-18(14)17(10)24-16/h1-3,5,7-8,21H,4,6,9H2. The van der Waals surface area contributed by atoms with Crippen LogP contribution in [0.15, 0.2) is 35.7 Å². The van der Waals surface area contributed by atoms with Crippen molar-refractivity contribution in [3.63, 3.8) is 0 Å². The van der Waals surface area contributed by atoms with Gasteiger partial charge in [0.15, 0.2) is 5.78 Å². The van der Waals surface area contributed by atoms with Gasteiger partial charge in [-0.1, -0.05) is 6.07 Å².